The second-order valence-corrected chi connectivity index (χ2v) is 8.68. The van der Waals surface area contributed by atoms with Crippen LogP contribution in [-0.4, -0.2) is 43.3 Å². The highest BCUT2D eigenvalue weighted by molar-refractivity contribution is 7.89. The van der Waals surface area contributed by atoms with E-state index in [1.54, 1.807) is 12.3 Å². The number of alkyl halides is 3. The highest BCUT2D eigenvalue weighted by Crippen LogP contribution is 2.29. The van der Waals surface area contributed by atoms with E-state index in [0.29, 0.717) is 17.7 Å². The molecule has 1 atom stereocenters. The molecule has 1 aromatic heterocycles. The number of hydrogen-bond acceptors (Lipinski definition) is 5. The molecule has 6 nitrogen and oxygen atoms in total. The van der Waals surface area contributed by atoms with Gasteiger partial charge in [0.05, 0.1) is 11.4 Å². The van der Waals surface area contributed by atoms with Crippen molar-refractivity contribution < 1.29 is 31.1 Å². The Morgan fingerprint density at radius 1 is 1.03 bits per heavy atom. The number of halogens is 3. The molecule has 0 bridgehead atoms. The lowest BCUT2D eigenvalue weighted by atomic mass is 10.2. The predicted molar refractivity (Wildman–Crippen MR) is 103 cm³/mol. The molecule has 30 heavy (non-hydrogen) atoms. The van der Waals surface area contributed by atoms with E-state index in [4.69, 9.17) is 4.74 Å². The zero-order valence-corrected chi connectivity index (χ0v) is 16.4. The van der Waals surface area contributed by atoms with Gasteiger partial charge in [0.2, 0.25) is 10.0 Å². The SMILES string of the molecule is O=S(=O)(c1ccc(OC(F)(F)F)cc1)N1CC[C@@H](Oc2cccc3cccnc23)C1. The summed E-state index contributed by atoms with van der Waals surface area (Å²) >= 11 is 0. The van der Waals surface area contributed by atoms with E-state index in [-0.39, 0.29) is 24.1 Å². The van der Waals surface area contributed by atoms with Crippen molar-refractivity contribution in [2.24, 2.45) is 0 Å². The van der Waals surface area contributed by atoms with Crippen LogP contribution in [0.4, 0.5) is 13.2 Å². The molecule has 1 fully saturated rings. The Morgan fingerprint density at radius 2 is 1.77 bits per heavy atom. The van der Waals surface area contributed by atoms with Crippen LogP contribution in [0.3, 0.4) is 0 Å². The molecule has 0 N–H and O–H groups in total. The maximum absolute atomic E-state index is 12.8. The molecular formula is C20H17F3N2O4S. The molecule has 0 amide bonds. The van der Waals surface area contributed by atoms with Crippen molar-refractivity contribution in [2.45, 2.75) is 23.8 Å². The molecule has 0 spiro atoms. The molecule has 0 unspecified atom stereocenters. The Balaban J connectivity index is 1.47. The fourth-order valence-corrected chi connectivity index (χ4v) is 4.81. The van der Waals surface area contributed by atoms with E-state index in [1.807, 2.05) is 24.3 Å². The molecule has 4 rings (SSSR count). The molecule has 0 radical (unpaired) electrons. The van der Waals surface area contributed by atoms with Crippen molar-refractivity contribution in [1.29, 1.82) is 0 Å². The summed E-state index contributed by atoms with van der Waals surface area (Å²) in [5, 5.41) is 0.915. The van der Waals surface area contributed by atoms with Gasteiger partial charge in [-0.25, -0.2) is 8.42 Å². The second kappa shape index (κ2) is 7.77. The van der Waals surface area contributed by atoms with Gasteiger partial charge >= 0.3 is 6.36 Å². The van der Waals surface area contributed by atoms with E-state index in [1.165, 1.54) is 4.31 Å². The second-order valence-electron chi connectivity index (χ2n) is 6.74. The summed E-state index contributed by atoms with van der Waals surface area (Å²) in [6.45, 7) is 0.373. The topological polar surface area (TPSA) is 68.7 Å². The van der Waals surface area contributed by atoms with Crippen molar-refractivity contribution in [2.75, 3.05) is 13.1 Å². The highest BCUT2D eigenvalue weighted by atomic mass is 32.2. The van der Waals surface area contributed by atoms with Gasteiger partial charge in [-0.1, -0.05) is 18.2 Å². The van der Waals surface area contributed by atoms with Crippen LogP contribution < -0.4 is 9.47 Å². The van der Waals surface area contributed by atoms with Gasteiger partial charge in [-0.3, -0.25) is 4.98 Å². The first kappa shape index (κ1) is 20.4. The monoisotopic (exact) mass is 438 g/mol. The number of rotatable bonds is 5. The molecule has 1 aliphatic heterocycles. The average molecular weight is 438 g/mol. The van der Waals surface area contributed by atoms with Crippen LogP contribution in [0.1, 0.15) is 6.42 Å². The first-order valence-electron chi connectivity index (χ1n) is 9.09. The van der Waals surface area contributed by atoms with Gasteiger partial charge in [-0.2, -0.15) is 4.31 Å². The zero-order valence-electron chi connectivity index (χ0n) is 15.5. The zero-order chi connectivity index (χ0) is 21.4. The Hall–Kier alpha value is -2.85. The standard InChI is InChI=1S/C20H17F3N2O4S/c21-20(22,23)29-15-6-8-17(9-7-15)30(26,27)25-12-10-16(13-25)28-18-5-1-3-14-4-2-11-24-19(14)18/h1-9,11,16H,10,12-13H2/t16-/m1/s1. The number of benzene rings is 2. The van der Waals surface area contributed by atoms with E-state index < -0.39 is 22.1 Å². The van der Waals surface area contributed by atoms with E-state index in [0.717, 1.165) is 29.7 Å². The van der Waals surface area contributed by atoms with Crippen LogP contribution in [0.15, 0.2) is 65.7 Å². The number of aromatic nitrogens is 1. The van der Waals surface area contributed by atoms with Crippen LogP contribution in [-0.2, 0) is 10.0 Å². The third kappa shape index (κ3) is 4.34. The maximum atomic E-state index is 12.8. The van der Waals surface area contributed by atoms with Gasteiger partial charge in [0, 0.05) is 18.1 Å². The van der Waals surface area contributed by atoms with Gasteiger partial charge < -0.3 is 9.47 Å². The Kier molecular flexibility index (Phi) is 5.29. The Labute approximate surface area is 170 Å². The quantitative estimate of drug-likeness (QED) is 0.603. The van der Waals surface area contributed by atoms with Crippen LogP contribution in [0.25, 0.3) is 10.9 Å². The largest absolute Gasteiger partial charge is 0.573 e. The van der Waals surface area contributed by atoms with Gasteiger partial charge in [0.1, 0.15) is 23.1 Å². The molecule has 2 aromatic carbocycles. The lowest BCUT2D eigenvalue weighted by molar-refractivity contribution is -0.274. The number of fused-ring (bicyclic) bond motifs is 1. The first-order chi connectivity index (χ1) is 14.2. The summed E-state index contributed by atoms with van der Waals surface area (Å²) in [5.74, 6) is 0.0959. The van der Waals surface area contributed by atoms with Crippen molar-refractivity contribution >= 4 is 20.9 Å². The number of para-hydroxylation sites is 1. The van der Waals surface area contributed by atoms with Crippen molar-refractivity contribution in [3.8, 4) is 11.5 Å². The van der Waals surface area contributed by atoms with Crippen LogP contribution >= 0.6 is 0 Å². The van der Waals surface area contributed by atoms with Crippen LogP contribution in [0.5, 0.6) is 11.5 Å². The third-order valence-electron chi connectivity index (χ3n) is 4.69. The minimum absolute atomic E-state index is 0.107. The molecule has 0 saturated carbocycles. The lowest BCUT2D eigenvalue weighted by Crippen LogP contribution is -2.31. The molecule has 3 aromatic rings. The first-order valence-corrected chi connectivity index (χ1v) is 10.5. The number of hydrogen-bond donors (Lipinski definition) is 0. The molecule has 1 saturated heterocycles. The van der Waals surface area contributed by atoms with Gasteiger partial charge in [0.25, 0.3) is 0 Å². The predicted octanol–water partition coefficient (Wildman–Crippen LogP) is 3.98. The van der Waals surface area contributed by atoms with Crippen molar-refractivity contribution in [3.05, 3.63) is 60.8 Å². The molecule has 0 aliphatic carbocycles. The molecule has 158 valence electrons. The fourth-order valence-electron chi connectivity index (χ4n) is 3.33. The summed E-state index contributed by atoms with van der Waals surface area (Å²) in [4.78, 5) is 4.22. The third-order valence-corrected chi connectivity index (χ3v) is 6.57. The lowest BCUT2D eigenvalue weighted by Gasteiger charge is -2.18. The van der Waals surface area contributed by atoms with Gasteiger partial charge in [-0.15, -0.1) is 13.2 Å². The van der Waals surface area contributed by atoms with Gasteiger partial charge in [0.15, 0.2) is 0 Å². The summed E-state index contributed by atoms with van der Waals surface area (Å²) in [5.41, 5.74) is 0.696. The van der Waals surface area contributed by atoms with Crippen molar-refractivity contribution in [3.63, 3.8) is 0 Å². The number of ether oxygens (including phenoxy) is 2. The fraction of sp³-hybridized carbons (Fsp3) is 0.250. The minimum atomic E-state index is -4.84. The minimum Gasteiger partial charge on any atom is -0.487 e. The van der Waals surface area contributed by atoms with E-state index in [2.05, 4.69) is 9.72 Å². The summed E-state index contributed by atoms with van der Waals surface area (Å²) in [7, 11) is -3.87. The van der Waals surface area contributed by atoms with Crippen molar-refractivity contribution in [1.82, 2.24) is 9.29 Å². The molecular weight excluding hydrogens is 421 g/mol. The Bertz CT molecular complexity index is 1150. The highest BCUT2D eigenvalue weighted by Gasteiger charge is 2.35. The summed E-state index contributed by atoms with van der Waals surface area (Å²) < 4.78 is 73.5. The summed E-state index contributed by atoms with van der Waals surface area (Å²) in [6.07, 6.45) is -3.05. The molecule has 10 heteroatoms. The van der Waals surface area contributed by atoms with E-state index >= 15 is 0 Å². The summed E-state index contributed by atoms with van der Waals surface area (Å²) in [6, 6.07) is 13.4. The average Bonchev–Trinajstić information content (AvgIpc) is 3.17. The number of sulfonamides is 1. The van der Waals surface area contributed by atoms with Crippen LogP contribution in [0.2, 0.25) is 0 Å². The Morgan fingerprint density at radius 3 is 2.50 bits per heavy atom. The smallest absolute Gasteiger partial charge is 0.487 e. The molecule has 2 heterocycles. The number of pyridine rings is 1. The normalized spacial score (nSPS) is 17.9. The molecule has 1 aliphatic rings. The maximum Gasteiger partial charge on any atom is 0.573 e. The number of nitrogens with zero attached hydrogens (tertiary/aromatic N) is 2. The van der Waals surface area contributed by atoms with Gasteiger partial charge in [-0.05, 0) is 42.8 Å². The van der Waals surface area contributed by atoms with E-state index in [9.17, 15) is 21.6 Å². The van der Waals surface area contributed by atoms with Crippen LogP contribution in [0, 0.1) is 0 Å².